The first-order chi connectivity index (χ1) is 7.28. The monoisotopic (exact) mass is 227 g/mol. The molecule has 1 aliphatic rings. The van der Waals surface area contributed by atoms with E-state index in [-0.39, 0.29) is 5.41 Å². The number of ether oxygens (including phenoxy) is 1. The summed E-state index contributed by atoms with van der Waals surface area (Å²) in [6.07, 6.45) is 1.45. The maximum Gasteiger partial charge on any atom is 0.0972 e. The summed E-state index contributed by atoms with van der Waals surface area (Å²) in [6.45, 7) is 1.84. The van der Waals surface area contributed by atoms with Crippen molar-refractivity contribution in [2.45, 2.75) is 18.9 Å². The van der Waals surface area contributed by atoms with Crippen molar-refractivity contribution < 1.29 is 9.84 Å². The highest BCUT2D eigenvalue weighted by molar-refractivity contribution is 7.10. The zero-order chi connectivity index (χ0) is 10.7. The van der Waals surface area contributed by atoms with Gasteiger partial charge in [-0.25, -0.2) is 0 Å². The number of rotatable bonds is 3. The molecule has 0 amide bonds. The van der Waals surface area contributed by atoms with Crippen molar-refractivity contribution in [1.29, 1.82) is 0 Å². The molecule has 84 valence electrons. The Balaban J connectivity index is 2.18. The van der Waals surface area contributed by atoms with Crippen molar-refractivity contribution in [3.8, 4) is 0 Å². The number of hydrogen-bond acceptors (Lipinski definition) is 4. The Morgan fingerprint density at radius 1 is 1.67 bits per heavy atom. The highest BCUT2D eigenvalue weighted by Gasteiger charge is 2.39. The van der Waals surface area contributed by atoms with Gasteiger partial charge in [-0.3, -0.25) is 0 Å². The molecule has 15 heavy (non-hydrogen) atoms. The van der Waals surface area contributed by atoms with Gasteiger partial charge < -0.3 is 15.6 Å². The van der Waals surface area contributed by atoms with Crippen molar-refractivity contribution in [3.63, 3.8) is 0 Å². The van der Waals surface area contributed by atoms with E-state index in [1.165, 1.54) is 0 Å². The Morgan fingerprint density at radius 2 is 2.53 bits per heavy atom. The van der Waals surface area contributed by atoms with Gasteiger partial charge >= 0.3 is 0 Å². The van der Waals surface area contributed by atoms with E-state index in [0.717, 1.165) is 24.3 Å². The molecule has 0 aliphatic carbocycles. The van der Waals surface area contributed by atoms with Crippen molar-refractivity contribution in [2.24, 2.45) is 11.1 Å². The second-order valence-electron chi connectivity index (χ2n) is 4.14. The van der Waals surface area contributed by atoms with E-state index in [9.17, 15) is 5.11 Å². The van der Waals surface area contributed by atoms with Crippen LogP contribution in [0.3, 0.4) is 0 Å². The van der Waals surface area contributed by atoms with Gasteiger partial charge in [0, 0.05) is 23.4 Å². The van der Waals surface area contributed by atoms with Crippen molar-refractivity contribution in [2.75, 3.05) is 19.8 Å². The molecule has 0 saturated carbocycles. The van der Waals surface area contributed by atoms with E-state index in [4.69, 9.17) is 10.5 Å². The van der Waals surface area contributed by atoms with E-state index >= 15 is 0 Å². The zero-order valence-electron chi connectivity index (χ0n) is 8.69. The molecule has 0 aromatic carbocycles. The first-order valence-corrected chi connectivity index (χ1v) is 6.16. The average Bonchev–Trinajstić information content (AvgIpc) is 2.82. The maximum absolute atomic E-state index is 10.3. The maximum atomic E-state index is 10.3. The van der Waals surface area contributed by atoms with Crippen molar-refractivity contribution in [1.82, 2.24) is 0 Å². The fourth-order valence-electron chi connectivity index (χ4n) is 2.11. The molecule has 0 radical (unpaired) electrons. The van der Waals surface area contributed by atoms with Gasteiger partial charge in [0.1, 0.15) is 0 Å². The fraction of sp³-hybridized carbons (Fsp3) is 0.636. The Morgan fingerprint density at radius 3 is 3.07 bits per heavy atom. The quantitative estimate of drug-likeness (QED) is 0.823. The van der Waals surface area contributed by atoms with Gasteiger partial charge in [-0.05, 0) is 24.3 Å². The van der Waals surface area contributed by atoms with Crippen LogP contribution >= 0.6 is 11.3 Å². The number of thiophene rings is 1. The standard InChI is InChI=1S/C11H17NO2S/c12-7-11(4-2-5-14-8-11)10(13)9-3-1-6-15-9/h1,3,6,10,13H,2,4-5,7-8,12H2. The molecule has 2 heterocycles. The van der Waals surface area contributed by atoms with Gasteiger partial charge in [-0.2, -0.15) is 0 Å². The predicted octanol–water partition coefficient (Wildman–Crippen LogP) is 1.54. The van der Waals surface area contributed by atoms with Crippen LogP contribution in [0.1, 0.15) is 23.8 Å². The molecule has 1 aromatic heterocycles. The Labute approximate surface area is 93.9 Å². The molecule has 2 rings (SSSR count). The minimum atomic E-state index is -0.484. The third-order valence-corrected chi connectivity index (χ3v) is 4.08. The highest BCUT2D eigenvalue weighted by Crippen LogP contribution is 2.41. The minimum absolute atomic E-state index is 0.275. The van der Waals surface area contributed by atoms with Gasteiger partial charge in [0.2, 0.25) is 0 Å². The summed E-state index contributed by atoms with van der Waals surface area (Å²) in [6, 6.07) is 3.92. The Bertz CT molecular complexity index is 294. The summed E-state index contributed by atoms with van der Waals surface area (Å²) < 4.78 is 5.46. The smallest absolute Gasteiger partial charge is 0.0972 e. The SMILES string of the molecule is NCC1(C(O)c2cccs2)CCCOC1. The molecule has 1 aliphatic heterocycles. The van der Waals surface area contributed by atoms with Gasteiger partial charge in [-0.15, -0.1) is 11.3 Å². The second kappa shape index (κ2) is 4.61. The molecule has 1 aromatic rings. The van der Waals surface area contributed by atoms with Crippen LogP contribution in [0, 0.1) is 5.41 Å². The van der Waals surface area contributed by atoms with E-state index in [1.807, 2.05) is 17.5 Å². The first-order valence-electron chi connectivity index (χ1n) is 5.28. The normalized spacial score (nSPS) is 28.9. The van der Waals surface area contributed by atoms with Crippen molar-refractivity contribution >= 4 is 11.3 Å². The topological polar surface area (TPSA) is 55.5 Å². The van der Waals surface area contributed by atoms with E-state index in [2.05, 4.69) is 0 Å². The van der Waals surface area contributed by atoms with Crippen LogP contribution in [0.4, 0.5) is 0 Å². The summed E-state index contributed by atoms with van der Waals surface area (Å²) >= 11 is 1.58. The Hall–Kier alpha value is -0.420. The summed E-state index contributed by atoms with van der Waals surface area (Å²) in [5, 5.41) is 12.3. The molecule has 0 bridgehead atoms. The van der Waals surface area contributed by atoms with Crippen LogP contribution in [0.25, 0.3) is 0 Å². The number of nitrogens with two attached hydrogens (primary N) is 1. The minimum Gasteiger partial charge on any atom is -0.387 e. The fourth-order valence-corrected chi connectivity index (χ4v) is 2.96. The Kier molecular flexibility index (Phi) is 3.41. The van der Waals surface area contributed by atoms with Gasteiger partial charge in [0.15, 0.2) is 0 Å². The lowest BCUT2D eigenvalue weighted by Gasteiger charge is -2.39. The van der Waals surface area contributed by atoms with Gasteiger partial charge in [-0.1, -0.05) is 6.07 Å². The van der Waals surface area contributed by atoms with Gasteiger partial charge in [0.05, 0.1) is 12.7 Å². The molecule has 1 fully saturated rings. The van der Waals surface area contributed by atoms with E-state index in [1.54, 1.807) is 11.3 Å². The van der Waals surface area contributed by atoms with Crippen LogP contribution in [0.2, 0.25) is 0 Å². The predicted molar refractivity (Wildman–Crippen MR) is 60.8 cm³/mol. The molecule has 1 saturated heterocycles. The summed E-state index contributed by atoms with van der Waals surface area (Å²) in [5.74, 6) is 0. The molecule has 3 N–H and O–H groups in total. The number of aliphatic hydroxyl groups excluding tert-OH is 1. The molecule has 4 heteroatoms. The summed E-state index contributed by atoms with van der Waals surface area (Å²) in [7, 11) is 0. The largest absolute Gasteiger partial charge is 0.387 e. The van der Waals surface area contributed by atoms with Crippen LogP contribution < -0.4 is 5.73 Å². The molecule has 2 unspecified atom stereocenters. The molecule has 0 spiro atoms. The van der Waals surface area contributed by atoms with Crippen LogP contribution in [0.15, 0.2) is 17.5 Å². The third kappa shape index (κ3) is 2.08. The van der Waals surface area contributed by atoms with Crippen LogP contribution in [0.5, 0.6) is 0 Å². The van der Waals surface area contributed by atoms with E-state index < -0.39 is 6.10 Å². The number of hydrogen-bond donors (Lipinski definition) is 2. The molecule has 3 nitrogen and oxygen atoms in total. The van der Waals surface area contributed by atoms with Crippen LogP contribution in [-0.2, 0) is 4.74 Å². The third-order valence-electron chi connectivity index (χ3n) is 3.15. The lowest BCUT2D eigenvalue weighted by molar-refractivity contribution is -0.0768. The van der Waals surface area contributed by atoms with Gasteiger partial charge in [0.25, 0.3) is 0 Å². The second-order valence-corrected chi connectivity index (χ2v) is 5.12. The molecular weight excluding hydrogens is 210 g/mol. The van der Waals surface area contributed by atoms with E-state index in [0.29, 0.717) is 13.2 Å². The average molecular weight is 227 g/mol. The van der Waals surface area contributed by atoms with Crippen molar-refractivity contribution in [3.05, 3.63) is 22.4 Å². The number of aliphatic hydroxyl groups is 1. The lowest BCUT2D eigenvalue weighted by atomic mass is 9.77. The summed E-state index contributed by atoms with van der Waals surface area (Å²) in [4.78, 5) is 0.992. The molecule has 2 atom stereocenters. The molecular formula is C11H17NO2S. The summed E-state index contributed by atoms with van der Waals surface area (Å²) in [5.41, 5.74) is 5.54. The lowest BCUT2D eigenvalue weighted by Crippen LogP contribution is -2.43. The van der Waals surface area contributed by atoms with Crippen LogP contribution in [-0.4, -0.2) is 24.9 Å². The highest BCUT2D eigenvalue weighted by atomic mass is 32.1. The zero-order valence-corrected chi connectivity index (χ0v) is 9.50. The first kappa shape index (κ1) is 11.1.